The molecule has 0 aliphatic carbocycles. The molecule has 4 rings (SSSR count). The van der Waals surface area contributed by atoms with Gasteiger partial charge >= 0.3 is 24.1 Å². The predicted molar refractivity (Wildman–Crippen MR) is 181 cm³/mol. The van der Waals surface area contributed by atoms with Gasteiger partial charge < -0.3 is 24.4 Å². The maximum atomic E-state index is 13.6. The van der Waals surface area contributed by atoms with Crippen LogP contribution in [-0.2, 0) is 46.6 Å². The van der Waals surface area contributed by atoms with Crippen molar-refractivity contribution in [3.05, 3.63) is 106 Å². The van der Waals surface area contributed by atoms with Crippen LogP contribution in [0, 0.1) is 0 Å². The minimum absolute atomic E-state index is 0.0195. The molecule has 0 saturated heterocycles. The topological polar surface area (TPSA) is 141 Å². The zero-order chi connectivity index (χ0) is 37.3. The van der Waals surface area contributed by atoms with Gasteiger partial charge in [-0.05, 0) is 60.9 Å². The smallest absolute Gasteiger partial charge is 0.416 e. The molecule has 2 amide bonds. The number of halogens is 3. The van der Waals surface area contributed by atoms with Crippen LogP contribution in [0.2, 0.25) is 0 Å². The molecule has 51 heavy (non-hydrogen) atoms. The number of anilines is 1. The van der Waals surface area contributed by atoms with Gasteiger partial charge in [-0.15, -0.1) is 11.3 Å². The van der Waals surface area contributed by atoms with Gasteiger partial charge in [-0.25, -0.2) is 4.98 Å². The highest BCUT2D eigenvalue weighted by molar-refractivity contribution is 7.10. The van der Waals surface area contributed by atoms with Crippen molar-refractivity contribution >= 4 is 46.7 Å². The molecule has 0 radical (unpaired) electrons. The lowest BCUT2D eigenvalue weighted by Gasteiger charge is -2.26. The summed E-state index contributed by atoms with van der Waals surface area (Å²) in [5, 5.41) is 4.27. The van der Waals surface area contributed by atoms with Crippen LogP contribution in [0.15, 0.2) is 78.3 Å². The Balaban J connectivity index is 1.59. The molecule has 0 spiro atoms. The number of hydrogen-bond donors (Lipinski definition) is 1. The molecule has 11 nitrogen and oxygen atoms in total. The van der Waals surface area contributed by atoms with E-state index < -0.39 is 59.9 Å². The molecular weight excluding hydrogens is 691 g/mol. The van der Waals surface area contributed by atoms with Gasteiger partial charge in [-0.3, -0.25) is 24.0 Å². The van der Waals surface area contributed by atoms with E-state index in [0.717, 1.165) is 23.5 Å². The Morgan fingerprint density at radius 3 is 2.06 bits per heavy atom. The third-order valence-electron chi connectivity index (χ3n) is 7.51. The summed E-state index contributed by atoms with van der Waals surface area (Å²) in [7, 11) is 3.00. The molecule has 15 heteroatoms. The number of amides is 2. The number of aromatic nitrogens is 1. The van der Waals surface area contributed by atoms with E-state index in [0.29, 0.717) is 16.7 Å². The van der Waals surface area contributed by atoms with Gasteiger partial charge in [0.15, 0.2) is 0 Å². The third-order valence-corrected chi connectivity index (χ3v) is 8.44. The largest absolute Gasteiger partial charge is 0.465 e. The van der Waals surface area contributed by atoms with E-state index in [9.17, 15) is 37.1 Å². The van der Waals surface area contributed by atoms with E-state index in [4.69, 9.17) is 14.2 Å². The number of hydrogen-bond acceptors (Lipinski definition) is 10. The average Bonchev–Trinajstić information content (AvgIpc) is 3.64. The fourth-order valence-corrected chi connectivity index (χ4v) is 5.78. The van der Waals surface area contributed by atoms with Gasteiger partial charge in [0, 0.05) is 31.2 Å². The van der Waals surface area contributed by atoms with Gasteiger partial charge in [-0.2, -0.15) is 13.2 Å². The number of carbonyl (C=O) groups excluding carboxylic acids is 5. The van der Waals surface area contributed by atoms with Crippen LogP contribution in [-0.4, -0.2) is 73.5 Å². The SMILES string of the molecule is CCOC(=O)C(COC(=O)Cc1ccc(NC(=O)c2ccccc2-c2ccc(C(F)(F)F)cc2)c(C(=O)N(C)C)c1)(C(=O)OCC)c1nccs1. The summed E-state index contributed by atoms with van der Waals surface area (Å²) in [6.07, 6.45) is -3.53. The molecule has 3 aromatic carbocycles. The zero-order valence-electron chi connectivity index (χ0n) is 28.0. The number of ether oxygens (including phenoxy) is 3. The molecular formula is C36H34F3N3O8S. The second-order valence-corrected chi connectivity index (χ2v) is 12.1. The van der Waals surface area contributed by atoms with Crippen LogP contribution in [0.5, 0.6) is 0 Å². The van der Waals surface area contributed by atoms with Crippen LogP contribution >= 0.6 is 11.3 Å². The fourth-order valence-electron chi connectivity index (χ4n) is 4.98. The Hall–Kier alpha value is -5.57. The number of benzene rings is 3. The number of thiazole rings is 1. The molecule has 0 bridgehead atoms. The quantitative estimate of drug-likeness (QED) is 0.101. The van der Waals surface area contributed by atoms with E-state index in [1.807, 2.05) is 0 Å². The maximum absolute atomic E-state index is 13.6. The summed E-state index contributed by atoms with van der Waals surface area (Å²) in [5.74, 6) is -3.99. The normalized spacial score (nSPS) is 11.4. The molecule has 4 aromatic rings. The third kappa shape index (κ3) is 8.78. The summed E-state index contributed by atoms with van der Waals surface area (Å²) in [6.45, 7) is 2.22. The summed E-state index contributed by atoms with van der Waals surface area (Å²) >= 11 is 0.986. The van der Waals surface area contributed by atoms with Crippen LogP contribution in [0.4, 0.5) is 18.9 Å². The molecule has 0 aliphatic rings. The summed E-state index contributed by atoms with van der Waals surface area (Å²) in [6, 6.07) is 15.0. The van der Waals surface area contributed by atoms with Gasteiger partial charge in [0.05, 0.1) is 36.4 Å². The number of esters is 3. The standard InChI is InChI=1S/C36H34F3N3O8S/c1-5-48-33(46)35(34(47)49-6-2,32-40-17-18-51-32)21-50-29(43)20-22-11-16-28(27(19-22)31(45)42(3)4)41-30(44)26-10-8-7-9-25(26)23-12-14-24(15-13-23)36(37,38)39/h7-19H,5-6,20-21H2,1-4H3,(H,41,44). The lowest BCUT2D eigenvalue weighted by atomic mass is 9.89. The van der Waals surface area contributed by atoms with Crippen molar-refractivity contribution < 1.29 is 51.4 Å². The number of rotatable bonds is 13. The number of nitrogens with one attached hydrogen (secondary N) is 1. The first kappa shape index (κ1) is 38.2. The Morgan fingerprint density at radius 1 is 0.843 bits per heavy atom. The highest BCUT2D eigenvalue weighted by atomic mass is 32.1. The second kappa shape index (κ2) is 16.4. The molecule has 0 atom stereocenters. The minimum Gasteiger partial charge on any atom is -0.465 e. The molecule has 0 fully saturated rings. The van der Waals surface area contributed by atoms with Gasteiger partial charge in [0.2, 0.25) is 5.41 Å². The van der Waals surface area contributed by atoms with Crippen molar-refractivity contribution in [3.63, 3.8) is 0 Å². The lowest BCUT2D eigenvalue weighted by molar-refractivity contribution is -0.170. The highest BCUT2D eigenvalue weighted by Crippen LogP contribution is 2.33. The molecule has 1 N–H and O–H groups in total. The summed E-state index contributed by atoms with van der Waals surface area (Å²) < 4.78 is 55.1. The molecule has 268 valence electrons. The number of nitrogens with zero attached hydrogens (tertiary/aromatic N) is 2. The fraction of sp³-hybridized carbons (Fsp3) is 0.278. The number of carbonyl (C=O) groups is 5. The molecule has 0 saturated carbocycles. The van der Waals surface area contributed by atoms with Crippen molar-refractivity contribution in [1.82, 2.24) is 9.88 Å². The van der Waals surface area contributed by atoms with E-state index in [-0.39, 0.29) is 35.0 Å². The predicted octanol–water partition coefficient (Wildman–Crippen LogP) is 5.93. The van der Waals surface area contributed by atoms with Crippen LogP contribution in [0.3, 0.4) is 0 Å². The Morgan fingerprint density at radius 2 is 1.49 bits per heavy atom. The van der Waals surface area contributed by atoms with Crippen molar-refractivity contribution in [3.8, 4) is 11.1 Å². The summed E-state index contributed by atoms with van der Waals surface area (Å²) in [5.41, 5.74) is -1.68. The first-order chi connectivity index (χ1) is 24.2. The first-order valence-electron chi connectivity index (χ1n) is 15.6. The number of alkyl halides is 3. The minimum atomic E-state index is -4.52. The molecule has 0 unspecified atom stereocenters. The van der Waals surface area contributed by atoms with Gasteiger partial charge in [0.1, 0.15) is 11.6 Å². The van der Waals surface area contributed by atoms with E-state index in [1.165, 1.54) is 61.6 Å². The van der Waals surface area contributed by atoms with Crippen molar-refractivity contribution in [2.45, 2.75) is 31.9 Å². The van der Waals surface area contributed by atoms with Crippen LogP contribution < -0.4 is 5.32 Å². The van der Waals surface area contributed by atoms with Crippen LogP contribution in [0.1, 0.15) is 50.7 Å². The second-order valence-electron chi connectivity index (χ2n) is 11.2. The molecule has 1 aromatic heterocycles. The van der Waals surface area contributed by atoms with Crippen molar-refractivity contribution in [2.24, 2.45) is 0 Å². The van der Waals surface area contributed by atoms with E-state index in [1.54, 1.807) is 37.4 Å². The zero-order valence-corrected chi connectivity index (χ0v) is 28.9. The molecule has 0 aliphatic heterocycles. The van der Waals surface area contributed by atoms with Crippen LogP contribution in [0.25, 0.3) is 11.1 Å². The maximum Gasteiger partial charge on any atom is 0.416 e. The Labute approximate surface area is 295 Å². The van der Waals surface area contributed by atoms with Gasteiger partial charge in [-0.1, -0.05) is 36.4 Å². The Kier molecular flexibility index (Phi) is 12.3. The first-order valence-corrected chi connectivity index (χ1v) is 16.4. The average molecular weight is 726 g/mol. The molecule has 1 heterocycles. The Bertz CT molecular complexity index is 1880. The van der Waals surface area contributed by atoms with Gasteiger partial charge in [0.25, 0.3) is 11.8 Å². The monoisotopic (exact) mass is 725 g/mol. The highest BCUT2D eigenvalue weighted by Gasteiger charge is 2.54. The lowest BCUT2D eigenvalue weighted by Crippen LogP contribution is -2.50. The van der Waals surface area contributed by atoms with Crippen molar-refractivity contribution in [2.75, 3.05) is 39.2 Å². The van der Waals surface area contributed by atoms with Crippen molar-refractivity contribution in [1.29, 1.82) is 0 Å². The summed E-state index contributed by atoms with van der Waals surface area (Å²) in [4.78, 5) is 71.6. The van der Waals surface area contributed by atoms with E-state index in [2.05, 4.69) is 10.3 Å². The van der Waals surface area contributed by atoms with E-state index >= 15 is 0 Å².